The molecule has 2 nitrogen and oxygen atoms in total. The molecule has 2 N–H and O–H groups in total. The second kappa shape index (κ2) is 4.56. The second-order valence-corrected chi connectivity index (χ2v) is 5.03. The van der Waals surface area contributed by atoms with Crippen LogP contribution in [0.4, 0.5) is 13.2 Å². The van der Waals surface area contributed by atoms with Crippen molar-refractivity contribution in [3.8, 4) is 0 Å². The summed E-state index contributed by atoms with van der Waals surface area (Å²) in [6.45, 7) is 1.83. The van der Waals surface area contributed by atoms with E-state index in [-0.39, 0.29) is 0 Å². The maximum absolute atomic E-state index is 12.8. The van der Waals surface area contributed by atoms with Gasteiger partial charge in [-0.15, -0.1) is 0 Å². The zero-order chi connectivity index (χ0) is 13.5. The molecule has 1 aliphatic heterocycles. The predicted octanol–water partition coefficient (Wildman–Crippen LogP) is 3.65. The van der Waals surface area contributed by atoms with Crippen LogP contribution in [0, 0.1) is 0 Å². The Hall–Kier alpha value is -1.49. The van der Waals surface area contributed by atoms with E-state index in [9.17, 15) is 13.2 Å². The van der Waals surface area contributed by atoms with Gasteiger partial charge in [0.1, 0.15) is 5.69 Å². The average Bonchev–Trinajstić information content (AvgIpc) is 2.83. The lowest BCUT2D eigenvalue weighted by molar-refractivity contribution is -0.140. The molecule has 0 saturated carbocycles. The first kappa shape index (κ1) is 12.5. The highest BCUT2D eigenvalue weighted by Crippen LogP contribution is 2.35. The summed E-state index contributed by atoms with van der Waals surface area (Å²) < 4.78 is 38.3. The number of nitrogens with one attached hydrogen (secondary N) is 2. The monoisotopic (exact) mass is 268 g/mol. The molecule has 1 atom stereocenters. The lowest BCUT2D eigenvalue weighted by Crippen LogP contribution is -2.28. The Morgan fingerprint density at radius 2 is 2.05 bits per heavy atom. The minimum Gasteiger partial charge on any atom is -0.351 e. The molecule has 19 heavy (non-hydrogen) atoms. The van der Waals surface area contributed by atoms with Crippen LogP contribution in [0.1, 0.15) is 30.0 Å². The van der Waals surface area contributed by atoms with E-state index in [0.29, 0.717) is 16.8 Å². The summed E-state index contributed by atoms with van der Waals surface area (Å²) in [5.74, 6) is 0.300. The van der Waals surface area contributed by atoms with Crippen LogP contribution in [0.3, 0.4) is 0 Å². The average molecular weight is 268 g/mol. The number of fused-ring (bicyclic) bond motifs is 1. The van der Waals surface area contributed by atoms with Crippen LogP contribution in [0.2, 0.25) is 0 Å². The number of rotatable bonds is 1. The molecule has 3 rings (SSSR count). The largest absolute Gasteiger partial charge is 0.431 e. The molecule has 1 fully saturated rings. The van der Waals surface area contributed by atoms with E-state index >= 15 is 0 Å². The third kappa shape index (κ3) is 2.34. The van der Waals surface area contributed by atoms with Crippen molar-refractivity contribution in [1.29, 1.82) is 0 Å². The standard InChI is InChI=1S/C14H15F3N2/c15-14(16,17)13-7-11-10(4-1-5-12(11)19-13)9-3-2-6-18-8-9/h1,4-5,7,9,18-19H,2-3,6,8H2. The highest BCUT2D eigenvalue weighted by molar-refractivity contribution is 5.84. The fraction of sp³-hybridized carbons (Fsp3) is 0.429. The number of hydrogen-bond donors (Lipinski definition) is 2. The van der Waals surface area contributed by atoms with Gasteiger partial charge in [0.2, 0.25) is 0 Å². The lowest BCUT2D eigenvalue weighted by atomic mass is 9.89. The zero-order valence-corrected chi connectivity index (χ0v) is 10.3. The molecule has 1 unspecified atom stereocenters. The van der Waals surface area contributed by atoms with Crippen molar-refractivity contribution < 1.29 is 13.2 Å². The third-order valence-electron chi connectivity index (χ3n) is 3.74. The van der Waals surface area contributed by atoms with Gasteiger partial charge in [0.15, 0.2) is 0 Å². The number of alkyl halides is 3. The first-order valence-electron chi connectivity index (χ1n) is 6.45. The molecule has 0 bridgehead atoms. The Morgan fingerprint density at radius 3 is 2.74 bits per heavy atom. The Labute approximate surface area is 109 Å². The van der Waals surface area contributed by atoms with E-state index in [0.717, 1.165) is 31.5 Å². The molecule has 102 valence electrons. The van der Waals surface area contributed by atoms with E-state index in [2.05, 4.69) is 10.3 Å². The number of hydrogen-bond acceptors (Lipinski definition) is 1. The zero-order valence-electron chi connectivity index (χ0n) is 10.3. The number of halogens is 3. The maximum Gasteiger partial charge on any atom is 0.431 e. The first-order chi connectivity index (χ1) is 9.05. The summed E-state index contributed by atoms with van der Waals surface area (Å²) in [4.78, 5) is 2.47. The minimum absolute atomic E-state index is 0.300. The normalized spacial score (nSPS) is 20.9. The van der Waals surface area contributed by atoms with Gasteiger partial charge in [0.25, 0.3) is 0 Å². The molecule has 0 spiro atoms. The van der Waals surface area contributed by atoms with Gasteiger partial charge in [-0.25, -0.2) is 0 Å². The summed E-state index contributed by atoms with van der Waals surface area (Å²) >= 11 is 0. The van der Waals surface area contributed by atoms with Crippen LogP contribution in [0.25, 0.3) is 10.9 Å². The van der Waals surface area contributed by atoms with Crippen molar-refractivity contribution in [1.82, 2.24) is 10.3 Å². The molecule has 0 radical (unpaired) electrons. The van der Waals surface area contributed by atoms with Crippen LogP contribution in [-0.4, -0.2) is 18.1 Å². The van der Waals surface area contributed by atoms with Crippen molar-refractivity contribution in [3.63, 3.8) is 0 Å². The molecular formula is C14H15F3N2. The highest BCUT2D eigenvalue weighted by atomic mass is 19.4. The van der Waals surface area contributed by atoms with Gasteiger partial charge < -0.3 is 10.3 Å². The quantitative estimate of drug-likeness (QED) is 0.811. The number of H-pyrrole nitrogens is 1. The molecule has 5 heteroatoms. The molecule has 2 heterocycles. The summed E-state index contributed by atoms with van der Waals surface area (Å²) in [5, 5.41) is 4.00. The fourth-order valence-corrected chi connectivity index (χ4v) is 2.80. The minimum atomic E-state index is -4.32. The SMILES string of the molecule is FC(F)(F)c1cc2c(C3CCCNC3)cccc2[nH]1. The van der Waals surface area contributed by atoms with Crippen LogP contribution in [0.5, 0.6) is 0 Å². The molecule has 0 aliphatic carbocycles. The van der Waals surface area contributed by atoms with Gasteiger partial charge in [-0.3, -0.25) is 0 Å². The van der Waals surface area contributed by atoms with E-state index in [1.165, 1.54) is 6.07 Å². The van der Waals surface area contributed by atoms with Crippen LogP contribution in [-0.2, 0) is 6.18 Å². The summed E-state index contributed by atoms with van der Waals surface area (Å²) in [5.41, 5.74) is 0.908. The Balaban J connectivity index is 2.07. The maximum atomic E-state index is 12.8. The van der Waals surface area contributed by atoms with Crippen LogP contribution in [0.15, 0.2) is 24.3 Å². The van der Waals surface area contributed by atoms with Crippen molar-refractivity contribution in [3.05, 3.63) is 35.5 Å². The van der Waals surface area contributed by atoms with Gasteiger partial charge in [0, 0.05) is 17.4 Å². The van der Waals surface area contributed by atoms with E-state index in [1.807, 2.05) is 12.1 Å². The van der Waals surface area contributed by atoms with Crippen molar-refractivity contribution in [2.45, 2.75) is 24.9 Å². The van der Waals surface area contributed by atoms with Gasteiger partial charge >= 0.3 is 6.18 Å². The molecule has 0 amide bonds. The predicted molar refractivity (Wildman–Crippen MR) is 68.1 cm³/mol. The third-order valence-corrected chi connectivity index (χ3v) is 3.74. The van der Waals surface area contributed by atoms with Gasteiger partial charge in [-0.1, -0.05) is 12.1 Å². The number of aromatic nitrogens is 1. The van der Waals surface area contributed by atoms with E-state index < -0.39 is 11.9 Å². The first-order valence-corrected chi connectivity index (χ1v) is 6.45. The molecule has 2 aromatic rings. The number of benzene rings is 1. The molecule has 1 saturated heterocycles. The van der Waals surface area contributed by atoms with E-state index in [4.69, 9.17) is 0 Å². The van der Waals surface area contributed by atoms with Crippen LogP contribution >= 0.6 is 0 Å². The van der Waals surface area contributed by atoms with Gasteiger partial charge in [-0.05, 0) is 43.0 Å². The van der Waals surface area contributed by atoms with E-state index in [1.54, 1.807) is 6.07 Å². The number of piperidine rings is 1. The lowest BCUT2D eigenvalue weighted by Gasteiger charge is -2.23. The smallest absolute Gasteiger partial charge is 0.351 e. The number of aromatic amines is 1. The second-order valence-electron chi connectivity index (χ2n) is 5.03. The summed E-state index contributed by atoms with van der Waals surface area (Å²) in [7, 11) is 0. The Morgan fingerprint density at radius 1 is 1.21 bits per heavy atom. The molecule has 1 aromatic heterocycles. The topological polar surface area (TPSA) is 27.8 Å². The molecule has 1 aliphatic rings. The molecule has 1 aromatic carbocycles. The Bertz CT molecular complexity index is 580. The fourth-order valence-electron chi connectivity index (χ4n) is 2.80. The van der Waals surface area contributed by atoms with Crippen LogP contribution < -0.4 is 5.32 Å². The summed E-state index contributed by atoms with van der Waals surface area (Å²) in [6.07, 6.45) is -2.22. The van der Waals surface area contributed by atoms with Gasteiger partial charge in [-0.2, -0.15) is 13.2 Å². The van der Waals surface area contributed by atoms with Crippen molar-refractivity contribution in [2.24, 2.45) is 0 Å². The summed E-state index contributed by atoms with van der Waals surface area (Å²) in [6, 6.07) is 6.69. The van der Waals surface area contributed by atoms with Crippen molar-refractivity contribution >= 4 is 10.9 Å². The van der Waals surface area contributed by atoms with Crippen molar-refractivity contribution in [2.75, 3.05) is 13.1 Å². The highest BCUT2D eigenvalue weighted by Gasteiger charge is 2.33. The van der Waals surface area contributed by atoms with Gasteiger partial charge in [0.05, 0.1) is 0 Å². The Kier molecular flexibility index (Phi) is 3.01. The molecular weight excluding hydrogens is 253 g/mol.